The van der Waals surface area contributed by atoms with E-state index in [-0.39, 0.29) is 6.04 Å². The van der Waals surface area contributed by atoms with Gasteiger partial charge in [0, 0.05) is 10.6 Å². The summed E-state index contributed by atoms with van der Waals surface area (Å²) in [4.78, 5) is 11.9. The van der Waals surface area contributed by atoms with E-state index in [1.165, 1.54) is 6.07 Å². The molecule has 1 aliphatic carbocycles. The summed E-state index contributed by atoms with van der Waals surface area (Å²) in [5.41, 5.74) is -0.121. The van der Waals surface area contributed by atoms with Crippen LogP contribution in [0.5, 0.6) is 0 Å². The number of amides is 1. The fourth-order valence-corrected chi connectivity index (χ4v) is 2.34. The molecular weight excluding hydrogens is 293 g/mol. The molecule has 0 aromatic heterocycles. The van der Waals surface area contributed by atoms with E-state index in [4.69, 9.17) is 16.3 Å². The molecule has 3 nitrogen and oxygen atoms in total. The lowest BCUT2D eigenvalue weighted by molar-refractivity contribution is 0.0499. The summed E-state index contributed by atoms with van der Waals surface area (Å²) in [6, 6.07) is 4.15. The van der Waals surface area contributed by atoms with Gasteiger partial charge in [0.25, 0.3) is 0 Å². The summed E-state index contributed by atoms with van der Waals surface area (Å²) in [6.07, 6.45) is 2.45. The molecule has 1 saturated carbocycles. The number of hydrogen-bond acceptors (Lipinski definition) is 2. The number of halogens is 2. The molecule has 0 spiro atoms. The second kappa shape index (κ2) is 6.22. The van der Waals surface area contributed by atoms with Crippen LogP contribution in [0.2, 0.25) is 5.02 Å². The molecule has 1 aliphatic rings. The summed E-state index contributed by atoms with van der Waals surface area (Å²) in [7, 11) is 0. The molecule has 21 heavy (non-hydrogen) atoms. The first-order chi connectivity index (χ1) is 9.74. The number of carbonyl (C=O) groups is 1. The minimum Gasteiger partial charge on any atom is -0.444 e. The zero-order valence-corrected chi connectivity index (χ0v) is 13.3. The van der Waals surface area contributed by atoms with E-state index < -0.39 is 17.5 Å². The Kier molecular flexibility index (Phi) is 4.77. The van der Waals surface area contributed by atoms with E-state index in [2.05, 4.69) is 5.32 Å². The Balaban J connectivity index is 2.12. The van der Waals surface area contributed by atoms with Gasteiger partial charge >= 0.3 is 6.09 Å². The van der Waals surface area contributed by atoms with Crippen molar-refractivity contribution < 1.29 is 13.9 Å². The molecule has 1 amide bonds. The summed E-state index contributed by atoms with van der Waals surface area (Å²) in [6.45, 7) is 5.39. The Bertz CT molecular complexity index is 523. The lowest BCUT2D eigenvalue weighted by atomic mass is 10.0. The van der Waals surface area contributed by atoms with Crippen molar-refractivity contribution in [3.05, 3.63) is 34.6 Å². The average Bonchev–Trinajstić information content (AvgIpc) is 3.09. The highest BCUT2D eigenvalue weighted by Gasteiger charge is 2.29. The maximum absolute atomic E-state index is 14.1. The molecule has 2 rings (SSSR count). The monoisotopic (exact) mass is 313 g/mol. The molecule has 1 N–H and O–H groups in total. The van der Waals surface area contributed by atoms with Gasteiger partial charge in [0.2, 0.25) is 0 Å². The molecule has 5 heteroatoms. The maximum Gasteiger partial charge on any atom is 0.408 e. The third-order valence-electron chi connectivity index (χ3n) is 3.29. The van der Waals surface area contributed by atoms with E-state index in [1.54, 1.807) is 32.9 Å². The molecule has 1 aromatic carbocycles. The quantitative estimate of drug-likeness (QED) is 0.863. The van der Waals surface area contributed by atoms with Crippen LogP contribution in [-0.4, -0.2) is 11.7 Å². The van der Waals surface area contributed by atoms with Crippen LogP contribution in [0, 0.1) is 11.7 Å². The predicted octanol–water partition coefficient (Wildman–Crippen LogP) is 4.85. The first-order valence-electron chi connectivity index (χ1n) is 7.19. The Morgan fingerprint density at radius 3 is 2.67 bits per heavy atom. The van der Waals surface area contributed by atoms with E-state index >= 15 is 0 Å². The number of alkyl carbamates (subject to hydrolysis) is 1. The van der Waals surface area contributed by atoms with E-state index in [0.717, 1.165) is 19.3 Å². The van der Waals surface area contributed by atoms with Crippen molar-refractivity contribution in [2.45, 2.75) is 51.7 Å². The Morgan fingerprint density at radius 1 is 1.48 bits per heavy atom. The van der Waals surface area contributed by atoms with Crippen molar-refractivity contribution in [3.63, 3.8) is 0 Å². The van der Waals surface area contributed by atoms with Gasteiger partial charge in [0.05, 0.1) is 6.04 Å². The van der Waals surface area contributed by atoms with Gasteiger partial charge in [0.15, 0.2) is 0 Å². The minimum atomic E-state index is -0.577. The normalized spacial score (nSPS) is 16.4. The maximum atomic E-state index is 14.1. The molecule has 1 aromatic rings. The van der Waals surface area contributed by atoms with Crippen LogP contribution in [0.4, 0.5) is 9.18 Å². The van der Waals surface area contributed by atoms with Gasteiger partial charge in [0.1, 0.15) is 11.4 Å². The minimum absolute atomic E-state index is 0.346. The van der Waals surface area contributed by atoms with Crippen LogP contribution in [0.25, 0.3) is 0 Å². The third kappa shape index (κ3) is 5.20. The fourth-order valence-electron chi connectivity index (χ4n) is 2.18. The highest BCUT2D eigenvalue weighted by atomic mass is 35.5. The number of benzene rings is 1. The summed E-state index contributed by atoms with van der Waals surface area (Å²) in [5.74, 6) is 0.143. The molecule has 0 radical (unpaired) electrons. The largest absolute Gasteiger partial charge is 0.444 e. The van der Waals surface area contributed by atoms with Crippen LogP contribution in [0.3, 0.4) is 0 Å². The summed E-state index contributed by atoms with van der Waals surface area (Å²) >= 11 is 5.78. The molecular formula is C16H21ClFNO2. The van der Waals surface area contributed by atoms with Crippen molar-refractivity contribution in [1.29, 1.82) is 0 Å². The van der Waals surface area contributed by atoms with Gasteiger partial charge in [-0.3, -0.25) is 0 Å². The number of hydrogen-bond donors (Lipinski definition) is 1. The smallest absolute Gasteiger partial charge is 0.408 e. The van der Waals surface area contributed by atoms with Gasteiger partial charge in [-0.25, -0.2) is 9.18 Å². The lowest BCUT2D eigenvalue weighted by Crippen LogP contribution is -2.35. The Morgan fingerprint density at radius 2 is 2.14 bits per heavy atom. The van der Waals surface area contributed by atoms with E-state index in [0.29, 0.717) is 16.5 Å². The number of nitrogens with one attached hydrogen (secondary N) is 1. The molecule has 0 bridgehead atoms. The zero-order chi connectivity index (χ0) is 15.6. The predicted molar refractivity (Wildman–Crippen MR) is 80.9 cm³/mol. The SMILES string of the molecule is CC(C)(C)OC(=O)N[C@H](CC1CC1)c1ccc(Cl)cc1F. The first-order valence-corrected chi connectivity index (χ1v) is 7.57. The second-order valence-corrected chi connectivity index (χ2v) is 6.98. The summed E-state index contributed by atoms with van der Waals surface area (Å²) in [5, 5.41) is 3.12. The number of carbonyl (C=O) groups excluding carboxylic acids is 1. The van der Waals surface area contributed by atoms with Crippen LogP contribution >= 0.6 is 11.6 Å². The number of rotatable bonds is 4. The van der Waals surface area contributed by atoms with E-state index in [9.17, 15) is 9.18 Å². The van der Waals surface area contributed by atoms with Gasteiger partial charge in [-0.05, 0) is 45.2 Å². The molecule has 0 aliphatic heterocycles. The zero-order valence-electron chi connectivity index (χ0n) is 12.6. The molecule has 0 unspecified atom stereocenters. The molecule has 1 fully saturated rings. The standard InChI is InChI=1S/C16H21ClFNO2/c1-16(2,3)21-15(20)19-14(8-10-4-5-10)12-7-6-11(17)9-13(12)18/h6-7,9-10,14H,4-5,8H2,1-3H3,(H,19,20)/t14-/m1/s1. The molecule has 0 heterocycles. The second-order valence-electron chi connectivity index (χ2n) is 6.54. The Labute approximate surface area is 129 Å². The van der Waals surface area contributed by atoms with Crippen molar-refractivity contribution >= 4 is 17.7 Å². The first kappa shape index (κ1) is 16.1. The van der Waals surface area contributed by atoms with Crippen LogP contribution in [0.1, 0.15) is 51.6 Å². The van der Waals surface area contributed by atoms with Gasteiger partial charge < -0.3 is 10.1 Å². The third-order valence-corrected chi connectivity index (χ3v) is 3.53. The average molecular weight is 314 g/mol. The van der Waals surface area contributed by atoms with Crippen molar-refractivity contribution in [2.75, 3.05) is 0 Å². The highest BCUT2D eigenvalue weighted by molar-refractivity contribution is 6.30. The lowest BCUT2D eigenvalue weighted by Gasteiger charge is -2.24. The van der Waals surface area contributed by atoms with Crippen LogP contribution in [-0.2, 0) is 4.74 Å². The number of ether oxygens (including phenoxy) is 1. The van der Waals surface area contributed by atoms with Gasteiger partial charge in [-0.1, -0.05) is 30.5 Å². The van der Waals surface area contributed by atoms with Crippen LogP contribution in [0.15, 0.2) is 18.2 Å². The Hall–Kier alpha value is -1.29. The summed E-state index contributed by atoms with van der Waals surface area (Å²) < 4.78 is 19.3. The van der Waals surface area contributed by atoms with E-state index in [1.807, 2.05) is 0 Å². The molecule has 116 valence electrons. The van der Waals surface area contributed by atoms with Crippen molar-refractivity contribution in [3.8, 4) is 0 Å². The van der Waals surface area contributed by atoms with Crippen LogP contribution < -0.4 is 5.32 Å². The molecule has 1 atom stereocenters. The van der Waals surface area contributed by atoms with Gasteiger partial charge in [-0.2, -0.15) is 0 Å². The highest BCUT2D eigenvalue weighted by Crippen LogP contribution is 2.38. The van der Waals surface area contributed by atoms with Crippen molar-refractivity contribution in [1.82, 2.24) is 5.32 Å². The molecule has 0 saturated heterocycles. The topological polar surface area (TPSA) is 38.3 Å². The van der Waals surface area contributed by atoms with Gasteiger partial charge in [-0.15, -0.1) is 0 Å². The fraction of sp³-hybridized carbons (Fsp3) is 0.562. The van der Waals surface area contributed by atoms with Crippen molar-refractivity contribution in [2.24, 2.45) is 5.92 Å².